The Morgan fingerprint density at radius 1 is 1.18 bits per heavy atom. The highest BCUT2D eigenvalue weighted by Gasteiger charge is 2.54. The van der Waals surface area contributed by atoms with Crippen LogP contribution in [0.2, 0.25) is 0 Å². The van der Waals surface area contributed by atoms with Crippen LogP contribution >= 0.6 is 0 Å². The van der Waals surface area contributed by atoms with Crippen LogP contribution in [0.15, 0.2) is 12.1 Å². The van der Waals surface area contributed by atoms with Gasteiger partial charge in [0.1, 0.15) is 5.75 Å². The highest BCUT2D eigenvalue weighted by molar-refractivity contribution is 5.45. The molecule has 120 valence electrons. The molecule has 0 saturated heterocycles. The van der Waals surface area contributed by atoms with Crippen molar-refractivity contribution in [2.75, 3.05) is 0 Å². The van der Waals surface area contributed by atoms with E-state index < -0.39 is 0 Å². The van der Waals surface area contributed by atoms with Crippen molar-refractivity contribution in [3.05, 3.63) is 28.8 Å². The molecule has 0 aromatic heterocycles. The molecule has 2 fully saturated rings. The molecule has 0 aliphatic heterocycles. The number of hydrogen-bond acceptors (Lipinski definition) is 2. The predicted octanol–water partition coefficient (Wildman–Crippen LogP) is 4.17. The van der Waals surface area contributed by atoms with Gasteiger partial charge < -0.3 is 10.2 Å². The van der Waals surface area contributed by atoms with E-state index in [1.165, 1.54) is 30.4 Å². The van der Waals surface area contributed by atoms with Crippen molar-refractivity contribution >= 4 is 0 Å². The Bertz CT molecular complexity index is 594. The summed E-state index contributed by atoms with van der Waals surface area (Å²) in [6, 6.07) is 4.32. The maximum Gasteiger partial charge on any atom is 0.119 e. The number of rotatable bonds is 1. The number of fused-ring (bicyclic) bond motifs is 5. The van der Waals surface area contributed by atoms with Gasteiger partial charge in [-0.25, -0.2) is 0 Å². The molecule has 2 saturated carbocycles. The van der Waals surface area contributed by atoms with Crippen LogP contribution in [0.1, 0.15) is 68.6 Å². The monoisotopic (exact) mass is 300 g/mol. The van der Waals surface area contributed by atoms with Crippen molar-refractivity contribution < 1.29 is 10.2 Å². The summed E-state index contributed by atoms with van der Waals surface area (Å²) in [5.41, 5.74) is 4.13. The van der Waals surface area contributed by atoms with Crippen molar-refractivity contribution in [3.8, 4) is 5.75 Å². The first-order valence-electron chi connectivity index (χ1n) is 9.07. The van der Waals surface area contributed by atoms with Crippen LogP contribution in [-0.4, -0.2) is 16.3 Å². The number of aryl methyl sites for hydroxylation is 2. The van der Waals surface area contributed by atoms with Gasteiger partial charge in [0, 0.05) is 0 Å². The van der Waals surface area contributed by atoms with Crippen LogP contribution in [0.25, 0.3) is 0 Å². The van der Waals surface area contributed by atoms with Gasteiger partial charge in [0.15, 0.2) is 0 Å². The Labute approximate surface area is 133 Å². The van der Waals surface area contributed by atoms with Gasteiger partial charge in [0.05, 0.1) is 6.10 Å². The summed E-state index contributed by atoms with van der Waals surface area (Å²) in [6.07, 6.45) is 7.69. The fourth-order valence-corrected chi connectivity index (χ4v) is 5.91. The van der Waals surface area contributed by atoms with Gasteiger partial charge >= 0.3 is 0 Å². The van der Waals surface area contributed by atoms with Crippen LogP contribution in [0.3, 0.4) is 0 Å². The minimum absolute atomic E-state index is 0.0918. The first-order chi connectivity index (χ1) is 10.5. The predicted molar refractivity (Wildman–Crippen MR) is 88.1 cm³/mol. The zero-order valence-corrected chi connectivity index (χ0v) is 13.8. The lowest BCUT2D eigenvalue weighted by Crippen LogP contribution is -2.43. The van der Waals surface area contributed by atoms with E-state index in [0.717, 1.165) is 37.2 Å². The average molecular weight is 300 g/mol. The summed E-state index contributed by atoms with van der Waals surface area (Å²) in [5, 5.41) is 20.6. The molecule has 3 aliphatic carbocycles. The van der Waals surface area contributed by atoms with Crippen molar-refractivity contribution in [2.45, 2.75) is 70.8 Å². The van der Waals surface area contributed by atoms with Gasteiger partial charge in [-0.05, 0) is 90.9 Å². The molecule has 0 spiro atoms. The largest absolute Gasteiger partial charge is 0.508 e. The summed E-state index contributed by atoms with van der Waals surface area (Å²) in [4.78, 5) is 0. The number of phenolic OH excluding ortho intramolecular Hbond substituents is 1. The molecule has 22 heavy (non-hydrogen) atoms. The van der Waals surface area contributed by atoms with E-state index in [1.54, 1.807) is 0 Å². The maximum atomic E-state index is 10.5. The van der Waals surface area contributed by atoms with Gasteiger partial charge in [-0.1, -0.05) is 19.9 Å². The van der Waals surface area contributed by atoms with Gasteiger partial charge in [-0.2, -0.15) is 0 Å². The molecule has 1 aromatic carbocycles. The Hall–Kier alpha value is -1.02. The lowest BCUT2D eigenvalue weighted by atomic mass is 9.55. The summed E-state index contributed by atoms with van der Waals surface area (Å²) < 4.78 is 0. The molecule has 5 atom stereocenters. The Morgan fingerprint density at radius 2 is 2.00 bits per heavy atom. The molecule has 0 unspecified atom stereocenters. The second kappa shape index (κ2) is 4.99. The Balaban J connectivity index is 1.72. The topological polar surface area (TPSA) is 40.5 Å². The van der Waals surface area contributed by atoms with Gasteiger partial charge in [0.25, 0.3) is 0 Å². The number of phenols is 1. The van der Waals surface area contributed by atoms with Crippen molar-refractivity contribution in [1.29, 1.82) is 0 Å². The molecular weight excluding hydrogens is 272 g/mol. The first-order valence-corrected chi connectivity index (χ1v) is 9.07. The van der Waals surface area contributed by atoms with Gasteiger partial charge in [-0.15, -0.1) is 0 Å². The first kappa shape index (κ1) is 14.6. The molecule has 2 N–H and O–H groups in total. The van der Waals surface area contributed by atoms with Gasteiger partial charge in [0.2, 0.25) is 0 Å². The number of aliphatic hydroxyl groups excluding tert-OH is 1. The molecule has 4 rings (SSSR count). The zero-order chi connectivity index (χ0) is 15.5. The number of hydrogen-bond donors (Lipinski definition) is 2. The third kappa shape index (κ3) is 1.89. The Morgan fingerprint density at radius 3 is 2.77 bits per heavy atom. The maximum absolute atomic E-state index is 10.5. The minimum Gasteiger partial charge on any atom is -0.508 e. The smallest absolute Gasteiger partial charge is 0.119 e. The SMILES string of the molecule is CCc1cc2c(cc1O)CC[C@@H]1[C@@H]2CC[C@]2(C)[C@@H](O)CC[C@@H]12. The quantitative estimate of drug-likeness (QED) is 0.817. The highest BCUT2D eigenvalue weighted by Crippen LogP contribution is 2.61. The summed E-state index contributed by atoms with van der Waals surface area (Å²) in [6.45, 7) is 4.45. The Kier molecular flexibility index (Phi) is 3.30. The molecule has 0 bridgehead atoms. The minimum atomic E-state index is -0.0918. The number of aliphatic hydroxyl groups is 1. The molecule has 2 heteroatoms. The third-order valence-corrected chi connectivity index (χ3v) is 7.25. The van der Waals surface area contributed by atoms with Crippen molar-refractivity contribution in [1.82, 2.24) is 0 Å². The van der Waals surface area contributed by atoms with E-state index in [9.17, 15) is 10.2 Å². The van der Waals surface area contributed by atoms with E-state index in [-0.39, 0.29) is 11.5 Å². The standard InChI is InChI=1S/C20H28O2/c1-3-12-10-16-13(11-18(12)21)4-5-15-14(16)8-9-20(2)17(15)6-7-19(20)22/h10-11,14-15,17,19,21-22H,3-9H2,1-2H3/t14-,15+,17-,19-,20-/m0/s1. The normalized spacial score (nSPS) is 40.0. The molecule has 0 heterocycles. The summed E-state index contributed by atoms with van der Waals surface area (Å²) >= 11 is 0. The van der Waals surface area contributed by atoms with Crippen LogP contribution < -0.4 is 0 Å². The van der Waals surface area contributed by atoms with Gasteiger partial charge in [-0.3, -0.25) is 0 Å². The van der Waals surface area contributed by atoms with Crippen molar-refractivity contribution in [3.63, 3.8) is 0 Å². The van der Waals surface area contributed by atoms with Crippen LogP contribution in [0.5, 0.6) is 5.75 Å². The fraction of sp³-hybridized carbons (Fsp3) is 0.700. The zero-order valence-electron chi connectivity index (χ0n) is 13.8. The average Bonchev–Trinajstić information content (AvgIpc) is 2.82. The lowest BCUT2D eigenvalue weighted by Gasteiger charge is -2.50. The van der Waals surface area contributed by atoms with E-state index in [1.807, 2.05) is 6.07 Å². The van der Waals surface area contributed by atoms with Crippen LogP contribution in [0, 0.1) is 17.3 Å². The molecule has 3 aliphatic rings. The molecule has 0 amide bonds. The highest BCUT2D eigenvalue weighted by atomic mass is 16.3. The lowest BCUT2D eigenvalue weighted by molar-refractivity contribution is -0.0226. The van der Waals surface area contributed by atoms with E-state index in [0.29, 0.717) is 17.6 Å². The summed E-state index contributed by atoms with van der Waals surface area (Å²) in [7, 11) is 0. The second-order valence-corrected chi connectivity index (χ2v) is 8.09. The molecule has 1 aromatic rings. The second-order valence-electron chi connectivity index (χ2n) is 8.09. The van der Waals surface area contributed by atoms with E-state index in [2.05, 4.69) is 19.9 Å². The number of benzene rings is 1. The van der Waals surface area contributed by atoms with Crippen molar-refractivity contribution in [2.24, 2.45) is 17.3 Å². The fourth-order valence-electron chi connectivity index (χ4n) is 5.91. The number of aromatic hydroxyl groups is 1. The summed E-state index contributed by atoms with van der Waals surface area (Å²) in [5.74, 6) is 2.56. The van der Waals surface area contributed by atoms with Crippen LogP contribution in [0.4, 0.5) is 0 Å². The molecular formula is C20H28O2. The van der Waals surface area contributed by atoms with E-state index >= 15 is 0 Å². The molecule has 2 nitrogen and oxygen atoms in total. The molecule has 0 radical (unpaired) electrons. The van der Waals surface area contributed by atoms with Crippen LogP contribution in [-0.2, 0) is 12.8 Å². The van der Waals surface area contributed by atoms with E-state index in [4.69, 9.17) is 0 Å². The third-order valence-electron chi connectivity index (χ3n) is 7.25.